The van der Waals surface area contributed by atoms with E-state index in [1.807, 2.05) is 52.0 Å². The molecule has 0 saturated carbocycles. The van der Waals surface area contributed by atoms with Crippen LogP contribution < -0.4 is 0 Å². The summed E-state index contributed by atoms with van der Waals surface area (Å²) in [4.78, 5) is 0. The van der Waals surface area contributed by atoms with E-state index in [2.05, 4.69) is 13.2 Å². The van der Waals surface area contributed by atoms with Gasteiger partial charge in [0.15, 0.2) is 0 Å². The normalized spacial score (nSPS) is 8.00. The van der Waals surface area contributed by atoms with Crippen molar-refractivity contribution in [2.75, 3.05) is 0 Å². The first-order chi connectivity index (χ1) is 5.83. The highest BCUT2D eigenvalue weighted by Gasteiger charge is 1.42. The zero-order chi connectivity index (χ0) is 10.2. The molecule has 0 amide bonds. The fourth-order valence-corrected chi connectivity index (χ4v) is 0.272. The van der Waals surface area contributed by atoms with E-state index in [0.717, 1.165) is 0 Å². The molecule has 0 aliphatic carbocycles. The van der Waals surface area contributed by atoms with Crippen LogP contribution in [0.5, 0.6) is 0 Å². The summed E-state index contributed by atoms with van der Waals surface area (Å²) in [6, 6.07) is 0. The minimum atomic E-state index is 1.75. The van der Waals surface area contributed by atoms with E-state index >= 15 is 0 Å². The van der Waals surface area contributed by atoms with Crippen molar-refractivity contribution in [3.05, 3.63) is 49.6 Å². The number of rotatable bonds is 2. The second-order valence-corrected chi connectivity index (χ2v) is 1.52. The van der Waals surface area contributed by atoms with Crippen LogP contribution in [0, 0.1) is 0 Å². The molecule has 0 unspecified atom stereocenters. The lowest BCUT2D eigenvalue weighted by Crippen LogP contribution is -1.33. The van der Waals surface area contributed by atoms with E-state index in [1.165, 1.54) is 0 Å². The molecule has 0 saturated heterocycles. The van der Waals surface area contributed by atoms with E-state index in [-0.39, 0.29) is 0 Å². The molecule has 70 valence electrons. The SMILES string of the molecule is C=C/C=C\C.C=C/C=C\C.CC. The third-order valence-corrected chi connectivity index (χ3v) is 0.657. The van der Waals surface area contributed by atoms with Gasteiger partial charge in [-0.2, -0.15) is 0 Å². The summed E-state index contributed by atoms with van der Waals surface area (Å²) in [5.41, 5.74) is 0. The molecular weight excluding hydrogens is 144 g/mol. The Balaban J connectivity index is -0.000000112. The summed E-state index contributed by atoms with van der Waals surface area (Å²) in [6.45, 7) is 14.8. The molecular formula is C12H22. The van der Waals surface area contributed by atoms with E-state index in [9.17, 15) is 0 Å². The van der Waals surface area contributed by atoms with Gasteiger partial charge in [0.1, 0.15) is 0 Å². The van der Waals surface area contributed by atoms with Gasteiger partial charge in [0.25, 0.3) is 0 Å². The highest BCUT2D eigenvalue weighted by molar-refractivity contribution is 4.94. The third-order valence-electron chi connectivity index (χ3n) is 0.657. The van der Waals surface area contributed by atoms with Crippen molar-refractivity contribution in [1.82, 2.24) is 0 Å². The molecule has 0 fully saturated rings. The predicted molar refractivity (Wildman–Crippen MR) is 61.4 cm³/mol. The lowest BCUT2D eigenvalue weighted by Gasteiger charge is -1.56. The van der Waals surface area contributed by atoms with Crippen LogP contribution in [0.2, 0.25) is 0 Å². The molecule has 0 N–H and O–H groups in total. The van der Waals surface area contributed by atoms with Gasteiger partial charge in [-0.3, -0.25) is 0 Å². The molecule has 0 rings (SSSR count). The minimum Gasteiger partial charge on any atom is -0.0991 e. The van der Waals surface area contributed by atoms with Gasteiger partial charge in [0.05, 0.1) is 0 Å². The van der Waals surface area contributed by atoms with Crippen molar-refractivity contribution in [2.45, 2.75) is 27.7 Å². The van der Waals surface area contributed by atoms with Crippen molar-refractivity contribution in [1.29, 1.82) is 0 Å². The van der Waals surface area contributed by atoms with E-state index in [4.69, 9.17) is 0 Å². The average molecular weight is 166 g/mol. The molecule has 0 bridgehead atoms. The zero-order valence-electron chi connectivity index (χ0n) is 8.88. The lowest BCUT2D eigenvalue weighted by atomic mass is 10.5. The molecule has 0 heterocycles. The highest BCUT2D eigenvalue weighted by atomic mass is 13.5. The van der Waals surface area contributed by atoms with Gasteiger partial charge in [-0.15, -0.1) is 0 Å². The van der Waals surface area contributed by atoms with Crippen molar-refractivity contribution in [3.8, 4) is 0 Å². The van der Waals surface area contributed by atoms with Gasteiger partial charge in [0.2, 0.25) is 0 Å². The topological polar surface area (TPSA) is 0 Å². The molecule has 0 spiro atoms. The van der Waals surface area contributed by atoms with Crippen molar-refractivity contribution >= 4 is 0 Å². The maximum atomic E-state index is 3.46. The number of allylic oxidation sites excluding steroid dienone is 6. The van der Waals surface area contributed by atoms with Crippen LogP contribution in [-0.4, -0.2) is 0 Å². The van der Waals surface area contributed by atoms with E-state index in [0.29, 0.717) is 0 Å². The first-order valence-electron chi connectivity index (χ1n) is 4.30. The fraction of sp³-hybridized carbons (Fsp3) is 0.333. The Hall–Kier alpha value is -1.04. The Labute approximate surface area is 78.0 Å². The van der Waals surface area contributed by atoms with Gasteiger partial charge in [0, 0.05) is 0 Å². The predicted octanol–water partition coefficient (Wildman–Crippen LogP) is 4.52. The molecule has 0 nitrogen and oxygen atoms in total. The minimum absolute atomic E-state index is 1.75. The molecule has 0 aromatic heterocycles. The summed E-state index contributed by atoms with van der Waals surface area (Å²) < 4.78 is 0. The van der Waals surface area contributed by atoms with Gasteiger partial charge in [-0.1, -0.05) is 63.5 Å². The first-order valence-corrected chi connectivity index (χ1v) is 4.30. The third kappa shape index (κ3) is 64.8. The van der Waals surface area contributed by atoms with Crippen LogP contribution in [0.15, 0.2) is 49.6 Å². The van der Waals surface area contributed by atoms with Crippen LogP contribution in [0.1, 0.15) is 27.7 Å². The lowest BCUT2D eigenvalue weighted by molar-refractivity contribution is 1.50. The van der Waals surface area contributed by atoms with Crippen molar-refractivity contribution in [2.24, 2.45) is 0 Å². The van der Waals surface area contributed by atoms with Gasteiger partial charge in [-0.05, 0) is 13.8 Å². The monoisotopic (exact) mass is 166 g/mol. The van der Waals surface area contributed by atoms with E-state index < -0.39 is 0 Å². The summed E-state index contributed by atoms with van der Waals surface area (Å²) in [5, 5.41) is 0. The van der Waals surface area contributed by atoms with Crippen molar-refractivity contribution in [3.63, 3.8) is 0 Å². The average Bonchev–Trinajstić information content (AvgIpc) is 2.12. The largest absolute Gasteiger partial charge is 0.0991 e. The molecule has 0 heteroatoms. The summed E-state index contributed by atoms with van der Waals surface area (Å²) in [7, 11) is 0. The second-order valence-electron chi connectivity index (χ2n) is 1.52. The van der Waals surface area contributed by atoms with Gasteiger partial charge >= 0.3 is 0 Å². The van der Waals surface area contributed by atoms with Gasteiger partial charge in [-0.25, -0.2) is 0 Å². The Morgan fingerprint density at radius 3 is 1.00 bits per heavy atom. The maximum Gasteiger partial charge on any atom is -0.0467 e. The Morgan fingerprint density at radius 2 is 1.00 bits per heavy atom. The zero-order valence-corrected chi connectivity index (χ0v) is 8.88. The molecule has 0 atom stereocenters. The van der Waals surface area contributed by atoms with Crippen LogP contribution in [0.25, 0.3) is 0 Å². The second kappa shape index (κ2) is 32.5. The number of hydrogen-bond acceptors (Lipinski definition) is 0. The van der Waals surface area contributed by atoms with Crippen LogP contribution in [0.3, 0.4) is 0 Å². The quantitative estimate of drug-likeness (QED) is 0.529. The summed E-state index contributed by atoms with van der Waals surface area (Å²) in [5.74, 6) is 0. The molecule has 12 heavy (non-hydrogen) atoms. The van der Waals surface area contributed by atoms with Crippen LogP contribution >= 0.6 is 0 Å². The Bertz CT molecular complexity index is 100. The van der Waals surface area contributed by atoms with Gasteiger partial charge < -0.3 is 0 Å². The standard InChI is InChI=1S/2C5H8.C2H6/c2*1-3-5-4-2;1-2/h2*3-5H,1H2,2H3;1-2H3/b2*5-4-;. The smallest absolute Gasteiger partial charge is 0.0467 e. The van der Waals surface area contributed by atoms with Crippen molar-refractivity contribution < 1.29 is 0 Å². The summed E-state index contributed by atoms with van der Waals surface area (Å²) in [6.07, 6.45) is 11.2. The molecule has 0 aliphatic rings. The summed E-state index contributed by atoms with van der Waals surface area (Å²) >= 11 is 0. The molecule has 0 aliphatic heterocycles. The molecule has 0 aromatic carbocycles. The van der Waals surface area contributed by atoms with Crippen LogP contribution in [-0.2, 0) is 0 Å². The van der Waals surface area contributed by atoms with Crippen LogP contribution in [0.4, 0.5) is 0 Å². The Kier molecular flexibility index (Phi) is 46.5. The van der Waals surface area contributed by atoms with E-state index in [1.54, 1.807) is 12.2 Å². The Morgan fingerprint density at radius 1 is 0.750 bits per heavy atom. The fourth-order valence-electron chi connectivity index (χ4n) is 0.272. The number of hydrogen-bond donors (Lipinski definition) is 0. The maximum absolute atomic E-state index is 3.46. The first kappa shape index (κ1) is 17.2. The molecule has 0 radical (unpaired) electrons. The molecule has 0 aromatic rings. The highest BCUT2D eigenvalue weighted by Crippen LogP contribution is 1.65.